The Hall–Kier alpha value is -4.28. The first-order chi connectivity index (χ1) is 19.4. The van der Waals surface area contributed by atoms with E-state index in [-0.39, 0.29) is 29.8 Å². The molecule has 2 aromatic carbocycles. The average molecular weight is 567 g/mol. The molecule has 0 saturated carbocycles. The number of hydrogen-bond acceptors (Lipinski definition) is 10. The van der Waals surface area contributed by atoms with Gasteiger partial charge < -0.3 is 30.4 Å². The van der Waals surface area contributed by atoms with Gasteiger partial charge in [0.2, 0.25) is 0 Å². The Kier molecular flexibility index (Phi) is 12.4. The van der Waals surface area contributed by atoms with E-state index in [0.717, 1.165) is 0 Å². The number of allylic oxidation sites excluding steroid dienone is 2. The van der Waals surface area contributed by atoms with E-state index in [2.05, 4.69) is 0 Å². The topological polar surface area (TPSA) is 157 Å². The molecule has 41 heavy (non-hydrogen) atoms. The molecule has 220 valence electrons. The summed E-state index contributed by atoms with van der Waals surface area (Å²) in [6, 6.07) is 8.01. The van der Waals surface area contributed by atoms with E-state index in [1.54, 1.807) is 36.4 Å². The molecule has 0 amide bonds. The first kappa shape index (κ1) is 32.9. The lowest BCUT2D eigenvalue weighted by molar-refractivity contribution is -0.137. The monoisotopic (exact) mass is 566 g/mol. The van der Waals surface area contributed by atoms with E-state index >= 15 is 0 Å². The van der Waals surface area contributed by atoms with E-state index < -0.39 is 35.6 Å². The predicted molar refractivity (Wildman–Crippen MR) is 156 cm³/mol. The molecule has 0 bridgehead atoms. The number of benzene rings is 2. The van der Waals surface area contributed by atoms with E-state index in [9.17, 15) is 19.2 Å². The lowest BCUT2D eigenvalue weighted by atomic mass is 10.1. The fourth-order valence-corrected chi connectivity index (χ4v) is 3.31. The van der Waals surface area contributed by atoms with Gasteiger partial charge in [0.15, 0.2) is 34.6 Å². The highest BCUT2D eigenvalue weighted by atomic mass is 16.6. The van der Waals surface area contributed by atoms with Crippen LogP contribution in [0.2, 0.25) is 0 Å². The zero-order chi connectivity index (χ0) is 30.7. The normalized spacial score (nSPS) is 12.9. The van der Waals surface area contributed by atoms with Crippen LogP contribution in [0.3, 0.4) is 0 Å². The summed E-state index contributed by atoms with van der Waals surface area (Å²) in [6.07, 6.45) is 5.30. The Bertz CT molecular complexity index is 1210. The third-order valence-corrected chi connectivity index (χ3v) is 6.05. The summed E-state index contributed by atoms with van der Waals surface area (Å²) >= 11 is 0. The fraction of sp³-hybridized carbons (Fsp3) is 0.355. The second-order valence-corrected chi connectivity index (χ2v) is 9.98. The van der Waals surface area contributed by atoms with Crippen molar-refractivity contribution in [3.05, 3.63) is 59.7 Å². The molecule has 0 unspecified atom stereocenters. The molecule has 4 N–H and O–H groups in total. The Labute approximate surface area is 240 Å². The van der Waals surface area contributed by atoms with Crippen LogP contribution in [0.5, 0.6) is 23.0 Å². The second kappa shape index (κ2) is 15.5. The van der Waals surface area contributed by atoms with Crippen LogP contribution >= 0.6 is 0 Å². The number of rotatable bonds is 14. The minimum absolute atomic E-state index is 0.0893. The van der Waals surface area contributed by atoms with Crippen LogP contribution in [0.1, 0.15) is 45.2 Å². The standard InChI is InChI=1S/C31H38N2O8/c1-18(2)28(32)30(36)40-24-13-9-20(15-26(24)38-5)7-11-22(34)17-23(35)12-8-21-10-14-25(27(16-21)39-6)41-31(37)29(33)19(3)4/h7-16,18-19,28-29H,17,32-33H2,1-6H3/b11-7+,12-8+/t28-,29-/m0/s1. The van der Waals surface area contributed by atoms with Crippen molar-refractivity contribution in [1.82, 2.24) is 0 Å². The van der Waals surface area contributed by atoms with Gasteiger partial charge >= 0.3 is 11.9 Å². The molecule has 0 aromatic heterocycles. The number of methoxy groups -OCH3 is 2. The van der Waals surface area contributed by atoms with Gasteiger partial charge in [-0.1, -0.05) is 52.0 Å². The van der Waals surface area contributed by atoms with Gasteiger partial charge in [-0.25, -0.2) is 9.59 Å². The maximum atomic E-state index is 12.4. The lowest BCUT2D eigenvalue weighted by Gasteiger charge is -2.16. The number of nitrogens with two attached hydrogens (primary N) is 2. The summed E-state index contributed by atoms with van der Waals surface area (Å²) in [5.41, 5.74) is 12.9. The molecule has 0 aliphatic carbocycles. The summed E-state index contributed by atoms with van der Waals surface area (Å²) < 4.78 is 21.3. The van der Waals surface area contributed by atoms with E-state index in [0.29, 0.717) is 22.6 Å². The molecule has 0 fully saturated rings. The number of carbonyl (C=O) groups is 4. The molecule has 0 spiro atoms. The summed E-state index contributed by atoms with van der Waals surface area (Å²) in [7, 11) is 2.85. The van der Waals surface area contributed by atoms with E-state index in [4.69, 9.17) is 30.4 Å². The van der Waals surface area contributed by atoms with Gasteiger partial charge in [-0.05, 0) is 59.4 Å². The molecule has 0 aliphatic heterocycles. The summed E-state index contributed by atoms with van der Waals surface area (Å²) in [5, 5.41) is 0. The number of ether oxygens (including phenoxy) is 4. The van der Waals surface area contributed by atoms with Gasteiger partial charge in [0.05, 0.1) is 20.6 Å². The molecule has 10 heteroatoms. The van der Waals surface area contributed by atoms with E-state index in [1.165, 1.54) is 38.5 Å². The first-order valence-corrected chi connectivity index (χ1v) is 13.1. The first-order valence-electron chi connectivity index (χ1n) is 13.1. The minimum atomic E-state index is -0.774. The maximum absolute atomic E-state index is 12.4. The zero-order valence-corrected chi connectivity index (χ0v) is 24.2. The molecule has 2 aromatic rings. The fourth-order valence-electron chi connectivity index (χ4n) is 3.31. The molecule has 0 heterocycles. The highest BCUT2D eigenvalue weighted by Crippen LogP contribution is 2.30. The minimum Gasteiger partial charge on any atom is -0.493 e. The second-order valence-electron chi connectivity index (χ2n) is 9.98. The molecule has 0 radical (unpaired) electrons. The molecule has 2 atom stereocenters. The van der Waals surface area contributed by atoms with Crippen LogP contribution < -0.4 is 30.4 Å². The van der Waals surface area contributed by atoms with Crippen LogP contribution in [0.25, 0.3) is 12.2 Å². The number of esters is 2. The van der Waals surface area contributed by atoms with Crippen LogP contribution in [0.15, 0.2) is 48.6 Å². The maximum Gasteiger partial charge on any atom is 0.328 e. The molecule has 0 saturated heterocycles. The summed E-state index contributed by atoms with van der Waals surface area (Å²) in [5.74, 6) is -1.14. The number of hydrogen-bond donors (Lipinski definition) is 2. The Morgan fingerprint density at radius 1 is 0.659 bits per heavy atom. The number of ketones is 2. The smallest absolute Gasteiger partial charge is 0.328 e. The highest BCUT2D eigenvalue weighted by molar-refractivity contribution is 6.10. The van der Waals surface area contributed by atoms with Crippen LogP contribution in [-0.2, 0) is 19.2 Å². The molecule has 10 nitrogen and oxygen atoms in total. The SMILES string of the molecule is COc1cc(/C=C/C(=O)CC(=O)/C=C/c2ccc(OC(=O)[C@@H](N)C(C)C)c(OC)c2)ccc1OC(=O)[C@@H](N)C(C)C. The van der Waals surface area contributed by atoms with Gasteiger partial charge in [-0.2, -0.15) is 0 Å². The van der Waals surface area contributed by atoms with Gasteiger partial charge in [0, 0.05) is 0 Å². The van der Waals surface area contributed by atoms with Crippen LogP contribution in [0.4, 0.5) is 0 Å². The Morgan fingerprint density at radius 2 is 1.02 bits per heavy atom. The van der Waals surface area contributed by atoms with Gasteiger partial charge in [-0.15, -0.1) is 0 Å². The number of carbonyl (C=O) groups excluding carboxylic acids is 4. The van der Waals surface area contributed by atoms with Crippen molar-refractivity contribution in [2.24, 2.45) is 23.3 Å². The lowest BCUT2D eigenvalue weighted by Crippen LogP contribution is -2.38. The third-order valence-electron chi connectivity index (χ3n) is 6.05. The third kappa shape index (κ3) is 10.0. The van der Waals surface area contributed by atoms with Gasteiger partial charge in [0.1, 0.15) is 12.1 Å². The van der Waals surface area contributed by atoms with Crippen molar-refractivity contribution in [3.8, 4) is 23.0 Å². The zero-order valence-electron chi connectivity index (χ0n) is 24.2. The van der Waals surface area contributed by atoms with Crippen LogP contribution in [-0.4, -0.2) is 49.8 Å². The molecular formula is C31H38N2O8. The Balaban J connectivity index is 2.00. The largest absolute Gasteiger partial charge is 0.493 e. The van der Waals surface area contributed by atoms with Crippen molar-refractivity contribution in [2.45, 2.75) is 46.2 Å². The highest BCUT2D eigenvalue weighted by Gasteiger charge is 2.22. The van der Waals surface area contributed by atoms with Gasteiger partial charge in [-0.3, -0.25) is 9.59 Å². The molecule has 0 aliphatic rings. The van der Waals surface area contributed by atoms with Crippen molar-refractivity contribution in [1.29, 1.82) is 0 Å². The summed E-state index contributed by atoms with van der Waals surface area (Å²) in [4.78, 5) is 49.1. The quantitative estimate of drug-likeness (QED) is 0.149. The average Bonchev–Trinajstić information content (AvgIpc) is 2.94. The van der Waals surface area contributed by atoms with E-state index in [1.807, 2.05) is 27.7 Å². The van der Waals surface area contributed by atoms with Crippen molar-refractivity contribution >= 4 is 35.7 Å². The molecular weight excluding hydrogens is 528 g/mol. The predicted octanol–water partition coefficient (Wildman–Crippen LogP) is 3.74. The Morgan fingerprint density at radius 3 is 1.34 bits per heavy atom. The summed E-state index contributed by atoms with van der Waals surface area (Å²) in [6.45, 7) is 7.26. The van der Waals surface area contributed by atoms with Crippen LogP contribution in [0, 0.1) is 11.8 Å². The van der Waals surface area contributed by atoms with Crippen molar-refractivity contribution in [2.75, 3.05) is 14.2 Å². The van der Waals surface area contributed by atoms with Gasteiger partial charge in [0.25, 0.3) is 0 Å². The van der Waals surface area contributed by atoms with Crippen molar-refractivity contribution < 1.29 is 38.1 Å². The van der Waals surface area contributed by atoms with Crippen molar-refractivity contribution in [3.63, 3.8) is 0 Å². The molecule has 2 rings (SSSR count).